The molecule has 5 heterocycles. The van der Waals surface area contributed by atoms with Crippen LogP contribution in [0.2, 0.25) is 0 Å². The van der Waals surface area contributed by atoms with Crippen molar-refractivity contribution in [2.75, 3.05) is 24.3 Å². The van der Waals surface area contributed by atoms with Crippen LogP contribution in [0.3, 0.4) is 0 Å². The van der Waals surface area contributed by atoms with Crippen molar-refractivity contribution in [1.82, 2.24) is 29.6 Å². The first-order valence-electron chi connectivity index (χ1n) is 12.5. The normalized spacial score (nSPS) is 20.8. The highest BCUT2D eigenvalue weighted by Gasteiger charge is 2.54. The summed E-state index contributed by atoms with van der Waals surface area (Å²) in [6.07, 6.45) is 0.741. The van der Waals surface area contributed by atoms with Gasteiger partial charge in [0, 0.05) is 30.0 Å². The summed E-state index contributed by atoms with van der Waals surface area (Å²) in [5.41, 5.74) is 4.21. The van der Waals surface area contributed by atoms with Gasteiger partial charge in [0.1, 0.15) is 28.5 Å². The Morgan fingerprint density at radius 3 is 2.74 bits per heavy atom. The third kappa shape index (κ3) is 6.44. The van der Waals surface area contributed by atoms with Gasteiger partial charge in [-0.2, -0.15) is 13.1 Å². The molecule has 2 aromatic rings. The number of aromatic nitrogens is 2. The van der Waals surface area contributed by atoms with Gasteiger partial charge < -0.3 is 31.3 Å². The highest BCUT2D eigenvalue weighted by atomic mass is 32.2. The van der Waals surface area contributed by atoms with Crippen molar-refractivity contribution in [3.05, 3.63) is 50.5 Å². The van der Waals surface area contributed by atoms with Gasteiger partial charge in [-0.3, -0.25) is 24.2 Å². The molecule has 0 saturated carbocycles. The van der Waals surface area contributed by atoms with E-state index in [1.54, 1.807) is 4.72 Å². The monoisotopic (exact) mass is 715 g/mol. The molecule has 24 heteroatoms. The number of pyridine rings is 1. The van der Waals surface area contributed by atoms with Crippen molar-refractivity contribution in [2.24, 2.45) is 9.55 Å². The fraction of sp³-hybridized carbons (Fsp3) is 0.273. The van der Waals surface area contributed by atoms with Crippen LogP contribution in [0.4, 0.5) is 9.93 Å². The van der Waals surface area contributed by atoms with Crippen molar-refractivity contribution in [1.29, 1.82) is 0 Å². The zero-order valence-electron chi connectivity index (χ0n) is 23.0. The molecule has 0 radical (unpaired) electrons. The lowest BCUT2D eigenvalue weighted by atomic mass is 10.0. The highest BCUT2D eigenvalue weighted by molar-refractivity contribution is 8.14. The van der Waals surface area contributed by atoms with Gasteiger partial charge in [0.15, 0.2) is 28.4 Å². The predicted octanol–water partition coefficient (Wildman–Crippen LogP) is -1.52. The average Bonchev–Trinajstić information content (AvgIpc) is 3.42. The number of β-lactam (4-membered cyclic amide) rings is 1. The number of thiazole rings is 1. The number of aromatic hydroxyl groups is 1. The van der Waals surface area contributed by atoms with E-state index in [-0.39, 0.29) is 44.5 Å². The van der Waals surface area contributed by atoms with Crippen LogP contribution < -0.4 is 21.2 Å². The number of nitrogens with two attached hydrogens (primary N) is 1. The fourth-order valence-electron chi connectivity index (χ4n) is 4.16. The number of carbonyl (C=O) groups excluding carboxylic acids is 3. The van der Waals surface area contributed by atoms with E-state index in [0.717, 1.165) is 56.9 Å². The lowest BCUT2D eigenvalue weighted by molar-refractivity contribution is -0.150. The number of thioether (sulfide) groups is 2. The Morgan fingerprint density at radius 2 is 2.07 bits per heavy atom. The van der Waals surface area contributed by atoms with Crippen molar-refractivity contribution < 1.29 is 47.9 Å². The van der Waals surface area contributed by atoms with E-state index in [9.17, 15) is 47.8 Å². The minimum Gasteiger partial charge on any atom is -0.503 e. The summed E-state index contributed by atoms with van der Waals surface area (Å²) < 4.78 is 29.2. The predicted molar refractivity (Wildman–Crippen MR) is 162 cm³/mol. The molecule has 0 unspecified atom stereocenters. The molecule has 2 aromatic heterocycles. The van der Waals surface area contributed by atoms with E-state index in [1.165, 1.54) is 12.4 Å². The Morgan fingerprint density at radius 1 is 1.33 bits per heavy atom. The molecule has 0 bridgehead atoms. The second-order valence-electron chi connectivity index (χ2n) is 9.37. The summed E-state index contributed by atoms with van der Waals surface area (Å²) in [5, 5.41) is 35.9. The van der Waals surface area contributed by atoms with Gasteiger partial charge in [0.25, 0.3) is 11.8 Å². The highest BCUT2D eigenvalue weighted by Crippen LogP contribution is 2.41. The largest absolute Gasteiger partial charge is 0.503 e. The van der Waals surface area contributed by atoms with Crippen LogP contribution in [0.25, 0.3) is 0 Å². The molecular formula is C22H21N9O11S4. The molecular weight excluding hydrogens is 695 g/mol. The average molecular weight is 716 g/mol. The Bertz CT molecular complexity index is 1920. The van der Waals surface area contributed by atoms with Crippen LogP contribution >= 0.6 is 34.9 Å². The van der Waals surface area contributed by atoms with Crippen LogP contribution in [-0.2, 0) is 36.0 Å². The van der Waals surface area contributed by atoms with Crippen molar-refractivity contribution >= 4 is 84.9 Å². The second kappa shape index (κ2) is 12.5. The number of nitrogens with one attached hydrogen (secondary N) is 2. The first-order valence-corrected chi connectivity index (χ1v) is 16.8. The van der Waals surface area contributed by atoms with E-state index < -0.39 is 68.9 Å². The van der Waals surface area contributed by atoms with E-state index in [4.69, 9.17) is 10.6 Å². The molecule has 0 spiro atoms. The number of carboxylic acids is 1. The number of oxime groups is 1. The molecule has 244 valence electrons. The molecule has 1 saturated heterocycles. The number of amidine groups is 1. The van der Waals surface area contributed by atoms with Crippen LogP contribution in [0.15, 0.2) is 43.3 Å². The van der Waals surface area contributed by atoms with Crippen LogP contribution in [0.5, 0.6) is 5.75 Å². The lowest BCUT2D eigenvalue weighted by Gasteiger charge is -2.49. The maximum Gasteiger partial charge on any atom is 0.352 e. The first kappa shape index (κ1) is 32.6. The molecule has 1 fully saturated rings. The molecule has 46 heavy (non-hydrogen) atoms. The Kier molecular flexibility index (Phi) is 8.87. The minimum atomic E-state index is -4.26. The third-order valence-corrected chi connectivity index (χ3v) is 10.4. The Labute approximate surface area is 269 Å². The number of hydrogen-bond donors (Lipinski definition) is 6. The number of nitrogen functional groups attached to an aromatic ring is 1. The lowest BCUT2D eigenvalue weighted by Crippen LogP contribution is -2.71. The number of nitrogens with zero attached hydrogens (tertiary/aromatic N) is 6. The van der Waals surface area contributed by atoms with E-state index in [0.29, 0.717) is 4.73 Å². The van der Waals surface area contributed by atoms with Gasteiger partial charge in [-0.25, -0.2) is 19.3 Å². The van der Waals surface area contributed by atoms with Gasteiger partial charge in [-0.05, 0) is 5.57 Å². The summed E-state index contributed by atoms with van der Waals surface area (Å²) in [6, 6.07) is -1.25. The quantitative estimate of drug-likeness (QED) is 0.0744. The summed E-state index contributed by atoms with van der Waals surface area (Å²) in [7, 11) is -2.98. The molecule has 3 aliphatic heterocycles. The number of carbonyl (C=O) groups is 4. The van der Waals surface area contributed by atoms with Gasteiger partial charge in [0.2, 0.25) is 5.43 Å². The molecule has 0 aliphatic carbocycles. The van der Waals surface area contributed by atoms with E-state index in [1.807, 2.05) is 0 Å². The molecule has 20 nitrogen and oxygen atoms in total. The number of anilines is 1. The van der Waals surface area contributed by atoms with Crippen molar-refractivity contribution in [2.45, 2.75) is 18.0 Å². The zero-order chi connectivity index (χ0) is 33.5. The summed E-state index contributed by atoms with van der Waals surface area (Å²) >= 11 is 2.91. The van der Waals surface area contributed by atoms with Crippen LogP contribution in [0, 0.1) is 0 Å². The smallest absolute Gasteiger partial charge is 0.352 e. The fourth-order valence-corrected chi connectivity index (χ4v) is 8.23. The molecule has 2 atom stereocenters. The van der Waals surface area contributed by atoms with Gasteiger partial charge in [-0.15, -0.1) is 27.5 Å². The topological polar surface area (TPSA) is 289 Å². The maximum atomic E-state index is 13.3. The molecule has 5 rings (SSSR count). The number of rotatable bonds is 9. The van der Waals surface area contributed by atoms with Gasteiger partial charge >= 0.3 is 22.2 Å². The summed E-state index contributed by atoms with van der Waals surface area (Å²) in [4.78, 5) is 73.4. The Hall–Kier alpha value is -4.81. The van der Waals surface area contributed by atoms with E-state index >= 15 is 0 Å². The Balaban J connectivity index is 1.31. The first-order chi connectivity index (χ1) is 21.7. The number of amides is 4. The molecule has 0 aromatic carbocycles. The SMILES string of the molecule is CN1C(=O)NS(=O)(=O)N=C1SCC1=C(C(=O)O)N2C(=O)[C@@H](NC(=O)/C(=N\OCc3cc(=O)c(O)cn3O)c3csc(N)n3)[C@H]2SC1. The van der Waals surface area contributed by atoms with Crippen molar-refractivity contribution in [3.8, 4) is 5.75 Å². The number of aliphatic carboxylic acids is 1. The van der Waals surface area contributed by atoms with Crippen LogP contribution in [0.1, 0.15) is 11.4 Å². The second-order valence-corrected chi connectivity index (χ2v) is 13.6. The maximum absolute atomic E-state index is 13.3. The molecule has 3 aliphatic rings. The van der Waals surface area contributed by atoms with Crippen LogP contribution in [-0.4, -0.2) is 108 Å². The third-order valence-electron chi connectivity index (χ3n) is 6.35. The van der Waals surface area contributed by atoms with Gasteiger partial charge in [-0.1, -0.05) is 16.9 Å². The minimum absolute atomic E-state index is 0.0243. The number of hydrogen-bond acceptors (Lipinski definition) is 16. The number of urea groups is 1. The summed E-state index contributed by atoms with van der Waals surface area (Å²) in [6.45, 7) is -0.524. The standard InChI is InChI=1S/C22H21N9O11S4/c1-29-21(38)27-46(40,41)28-22(29)45-6-8-5-43-18-14(17(35)31(18)15(8)19(36)37)25-16(34)13(10-7-44-20(23)24-10)26-42-4-9-2-11(32)12(33)3-30(9)39/h2-3,7,14,18,33,39H,4-6H2,1H3,(H2,23,24)(H,25,34)(H,27,38)(H,36,37)/b26-13-/t14-,18-/m1/s1. The number of carboxylic acid groups (broad SMARTS) is 1. The zero-order valence-corrected chi connectivity index (χ0v) is 26.3. The van der Waals surface area contributed by atoms with E-state index in [2.05, 4.69) is 19.9 Å². The number of fused-ring (bicyclic) bond motifs is 1. The molecule has 4 amide bonds. The van der Waals surface area contributed by atoms with Crippen molar-refractivity contribution in [3.63, 3.8) is 0 Å². The van der Waals surface area contributed by atoms with Gasteiger partial charge in [0.05, 0.1) is 6.20 Å². The summed E-state index contributed by atoms with van der Waals surface area (Å²) in [5.74, 6) is -3.88. The molecule has 7 N–H and O–H groups in total.